The number of fused-ring (bicyclic) bond motifs is 1. The first kappa shape index (κ1) is 21.9. The Hall–Kier alpha value is -3.35. The van der Waals surface area contributed by atoms with Gasteiger partial charge in [0.1, 0.15) is 5.60 Å². The summed E-state index contributed by atoms with van der Waals surface area (Å²) in [7, 11) is 0. The largest absolute Gasteiger partial charge is 0.444 e. The van der Waals surface area contributed by atoms with Gasteiger partial charge >= 0.3 is 6.09 Å². The Labute approximate surface area is 188 Å². The van der Waals surface area contributed by atoms with E-state index in [4.69, 9.17) is 4.74 Å². The lowest BCUT2D eigenvalue weighted by Crippen LogP contribution is -2.50. The van der Waals surface area contributed by atoms with Gasteiger partial charge in [-0.15, -0.1) is 0 Å². The lowest BCUT2D eigenvalue weighted by molar-refractivity contribution is 0.0185. The van der Waals surface area contributed by atoms with E-state index >= 15 is 0 Å². The van der Waals surface area contributed by atoms with Crippen LogP contribution in [0.15, 0.2) is 54.7 Å². The molecule has 7 nitrogen and oxygen atoms in total. The van der Waals surface area contributed by atoms with Gasteiger partial charge < -0.3 is 15.0 Å². The molecule has 32 heavy (non-hydrogen) atoms. The number of nitrogens with one attached hydrogen (secondary N) is 1. The number of hydrogen-bond donors (Lipinski definition) is 1. The van der Waals surface area contributed by atoms with Crippen molar-refractivity contribution >= 4 is 22.9 Å². The van der Waals surface area contributed by atoms with E-state index in [1.165, 1.54) is 0 Å². The quantitative estimate of drug-likeness (QED) is 0.667. The molecule has 168 valence electrons. The molecule has 2 heterocycles. The number of benzene rings is 2. The molecule has 1 aliphatic rings. The highest BCUT2D eigenvalue weighted by molar-refractivity contribution is 5.94. The summed E-state index contributed by atoms with van der Waals surface area (Å²) in [6.07, 6.45) is 3.21. The van der Waals surface area contributed by atoms with Gasteiger partial charge in [-0.1, -0.05) is 30.3 Å². The number of para-hydroxylation sites is 1. The minimum absolute atomic E-state index is 0.0844. The average Bonchev–Trinajstić information content (AvgIpc) is 3.16. The van der Waals surface area contributed by atoms with E-state index in [2.05, 4.69) is 16.5 Å². The van der Waals surface area contributed by atoms with Crippen LogP contribution in [-0.2, 0) is 11.3 Å². The molecule has 2 amide bonds. The summed E-state index contributed by atoms with van der Waals surface area (Å²) >= 11 is 0. The first-order chi connectivity index (χ1) is 15.3. The van der Waals surface area contributed by atoms with Crippen LogP contribution >= 0.6 is 0 Å². The summed E-state index contributed by atoms with van der Waals surface area (Å²) in [4.78, 5) is 26.8. The van der Waals surface area contributed by atoms with Crippen LogP contribution in [0.5, 0.6) is 0 Å². The standard InChI is InChI=1S/C25H30N4O3/c1-25(2,3)32-24(31)28-14-6-8-21(17-28)27-23(30)19-12-10-18(11-13-19)16-29-22-9-5-4-7-20(22)15-26-29/h4-5,7,9-13,15,21H,6,8,14,16-17H2,1-3H3,(H,27,30). The van der Waals surface area contributed by atoms with Crippen LogP contribution in [0.25, 0.3) is 10.9 Å². The Morgan fingerprint density at radius 3 is 2.62 bits per heavy atom. The number of hydrogen-bond acceptors (Lipinski definition) is 4. The van der Waals surface area contributed by atoms with Crippen molar-refractivity contribution < 1.29 is 14.3 Å². The van der Waals surface area contributed by atoms with E-state index in [9.17, 15) is 9.59 Å². The van der Waals surface area contributed by atoms with Gasteiger partial charge in [0.05, 0.1) is 18.3 Å². The molecule has 1 N–H and O–H groups in total. The molecule has 1 unspecified atom stereocenters. The van der Waals surface area contributed by atoms with Crippen molar-refractivity contribution in [1.29, 1.82) is 0 Å². The summed E-state index contributed by atoms with van der Waals surface area (Å²) in [5, 5.41) is 8.64. The fourth-order valence-corrected chi connectivity index (χ4v) is 3.94. The van der Waals surface area contributed by atoms with Crippen LogP contribution in [0, 0.1) is 0 Å². The highest BCUT2D eigenvalue weighted by atomic mass is 16.6. The third-order valence-electron chi connectivity index (χ3n) is 5.51. The number of ether oxygens (including phenoxy) is 1. The maximum Gasteiger partial charge on any atom is 0.410 e. The molecule has 0 spiro atoms. The smallest absolute Gasteiger partial charge is 0.410 e. The number of carbonyl (C=O) groups excluding carboxylic acids is 2. The number of amides is 2. The van der Waals surface area contributed by atoms with Crippen molar-refractivity contribution in [2.45, 2.75) is 51.8 Å². The summed E-state index contributed by atoms with van der Waals surface area (Å²) in [6, 6.07) is 15.6. The number of carbonyl (C=O) groups is 2. The Bertz CT molecular complexity index is 1100. The molecule has 2 aromatic carbocycles. The second kappa shape index (κ2) is 9.02. The van der Waals surface area contributed by atoms with E-state index in [1.54, 1.807) is 4.90 Å². The molecule has 1 atom stereocenters. The molecule has 1 fully saturated rings. The summed E-state index contributed by atoms with van der Waals surface area (Å²) in [5.41, 5.74) is 2.23. The van der Waals surface area contributed by atoms with Crippen LogP contribution in [0.3, 0.4) is 0 Å². The number of likely N-dealkylation sites (tertiary alicyclic amines) is 1. The molecule has 0 saturated carbocycles. The summed E-state index contributed by atoms with van der Waals surface area (Å²) < 4.78 is 7.42. The molecule has 0 aliphatic carbocycles. The van der Waals surface area contributed by atoms with Gasteiger partial charge in [0.2, 0.25) is 0 Å². The normalized spacial score (nSPS) is 16.7. The molecular formula is C25H30N4O3. The molecule has 1 saturated heterocycles. The Balaban J connectivity index is 1.35. The molecule has 3 aromatic rings. The van der Waals surface area contributed by atoms with Crippen molar-refractivity contribution in [3.05, 3.63) is 65.9 Å². The number of rotatable bonds is 4. The molecule has 7 heteroatoms. The Kier molecular flexibility index (Phi) is 6.17. The zero-order valence-corrected chi connectivity index (χ0v) is 18.9. The minimum atomic E-state index is -0.530. The molecule has 0 radical (unpaired) electrons. The fraction of sp³-hybridized carbons (Fsp3) is 0.400. The Morgan fingerprint density at radius 1 is 1.12 bits per heavy atom. The highest BCUT2D eigenvalue weighted by Gasteiger charge is 2.28. The van der Waals surface area contributed by atoms with Gasteiger partial charge in [-0.3, -0.25) is 9.48 Å². The van der Waals surface area contributed by atoms with Gasteiger partial charge in [0.15, 0.2) is 0 Å². The van der Waals surface area contributed by atoms with Gasteiger partial charge in [0.25, 0.3) is 5.91 Å². The predicted molar refractivity (Wildman–Crippen MR) is 124 cm³/mol. The average molecular weight is 435 g/mol. The molecular weight excluding hydrogens is 404 g/mol. The molecule has 0 bridgehead atoms. The summed E-state index contributed by atoms with van der Waals surface area (Å²) in [5.74, 6) is -0.128. The zero-order chi connectivity index (χ0) is 22.7. The predicted octanol–water partition coefficient (Wildman–Crippen LogP) is 4.21. The van der Waals surface area contributed by atoms with Crippen LogP contribution in [-0.4, -0.2) is 51.4 Å². The Morgan fingerprint density at radius 2 is 1.88 bits per heavy atom. The molecule has 4 rings (SSSR count). The van der Waals surface area contributed by atoms with Gasteiger partial charge in [-0.2, -0.15) is 5.10 Å². The monoisotopic (exact) mass is 434 g/mol. The summed E-state index contributed by atoms with van der Waals surface area (Å²) in [6.45, 7) is 7.32. The molecule has 1 aliphatic heterocycles. The van der Waals surface area contributed by atoms with Crippen molar-refractivity contribution in [1.82, 2.24) is 20.0 Å². The van der Waals surface area contributed by atoms with E-state index in [1.807, 2.05) is 74.1 Å². The SMILES string of the molecule is CC(C)(C)OC(=O)N1CCCC(NC(=O)c2ccc(Cn3ncc4ccccc43)cc2)C1. The third-order valence-corrected chi connectivity index (χ3v) is 5.51. The number of piperidine rings is 1. The lowest BCUT2D eigenvalue weighted by Gasteiger charge is -2.34. The van der Waals surface area contributed by atoms with Crippen LogP contribution in [0.1, 0.15) is 49.5 Å². The van der Waals surface area contributed by atoms with E-state index in [0.29, 0.717) is 25.2 Å². The minimum Gasteiger partial charge on any atom is -0.444 e. The van der Waals surface area contributed by atoms with E-state index in [0.717, 1.165) is 29.3 Å². The first-order valence-electron chi connectivity index (χ1n) is 11.1. The first-order valence-corrected chi connectivity index (χ1v) is 11.1. The number of aromatic nitrogens is 2. The van der Waals surface area contributed by atoms with Gasteiger partial charge in [0, 0.05) is 30.1 Å². The van der Waals surface area contributed by atoms with Crippen LogP contribution < -0.4 is 5.32 Å². The second-order valence-electron chi connectivity index (χ2n) is 9.30. The van der Waals surface area contributed by atoms with E-state index in [-0.39, 0.29) is 18.0 Å². The fourth-order valence-electron chi connectivity index (χ4n) is 3.94. The maximum atomic E-state index is 12.8. The van der Waals surface area contributed by atoms with Crippen molar-refractivity contribution in [3.8, 4) is 0 Å². The highest BCUT2D eigenvalue weighted by Crippen LogP contribution is 2.17. The van der Waals surface area contributed by atoms with Crippen LogP contribution in [0.4, 0.5) is 4.79 Å². The van der Waals surface area contributed by atoms with E-state index < -0.39 is 5.60 Å². The van der Waals surface area contributed by atoms with Crippen molar-refractivity contribution in [2.75, 3.05) is 13.1 Å². The molecule has 1 aromatic heterocycles. The maximum absolute atomic E-state index is 12.8. The van der Waals surface area contributed by atoms with Gasteiger partial charge in [-0.05, 0) is 57.4 Å². The van der Waals surface area contributed by atoms with Crippen LogP contribution in [0.2, 0.25) is 0 Å². The zero-order valence-electron chi connectivity index (χ0n) is 18.9. The second-order valence-corrected chi connectivity index (χ2v) is 9.30. The van der Waals surface area contributed by atoms with Crippen molar-refractivity contribution in [2.24, 2.45) is 0 Å². The topological polar surface area (TPSA) is 76.5 Å². The van der Waals surface area contributed by atoms with Gasteiger partial charge in [-0.25, -0.2) is 4.79 Å². The third kappa shape index (κ3) is 5.28. The lowest BCUT2D eigenvalue weighted by atomic mass is 10.0. The van der Waals surface area contributed by atoms with Crippen molar-refractivity contribution in [3.63, 3.8) is 0 Å². The number of nitrogens with zero attached hydrogens (tertiary/aromatic N) is 3.